The standard InChI is InChI=1S/C17H18N2O/c1-3-17(2,12-18)19-16(20)11-14-9-6-8-13-7-4-5-10-15(13)14/h4-10H,3,11H2,1-2H3,(H,19,20)/t17-/m0/s1. The number of amides is 1. The fraction of sp³-hybridized carbons (Fsp3) is 0.294. The van der Waals surface area contributed by atoms with Crippen LogP contribution in [0.5, 0.6) is 0 Å². The van der Waals surface area contributed by atoms with Gasteiger partial charge in [0.2, 0.25) is 5.91 Å². The van der Waals surface area contributed by atoms with Gasteiger partial charge >= 0.3 is 0 Å². The number of nitrogens with zero attached hydrogens (tertiary/aromatic N) is 1. The molecule has 2 aromatic carbocycles. The number of nitrogens with one attached hydrogen (secondary N) is 1. The highest BCUT2D eigenvalue weighted by Gasteiger charge is 2.23. The summed E-state index contributed by atoms with van der Waals surface area (Å²) < 4.78 is 0. The van der Waals surface area contributed by atoms with E-state index in [2.05, 4.69) is 11.4 Å². The summed E-state index contributed by atoms with van der Waals surface area (Å²) in [4.78, 5) is 12.1. The maximum absolute atomic E-state index is 12.1. The lowest BCUT2D eigenvalue weighted by atomic mass is 9.99. The molecule has 1 atom stereocenters. The Balaban J connectivity index is 2.21. The van der Waals surface area contributed by atoms with Crippen molar-refractivity contribution < 1.29 is 4.79 Å². The molecule has 1 N–H and O–H groups in total. The maximum atomic E-state index is 12.1. The SMILES string of the molecule is CC[C@@](C)(C#N)NC(=O)Cc1cccc2ccccc12. The van der Waals surface area contributed by atoms with Crippen molar-refractivity contribution >= 4 is 16.7 Å². The third-order valence-electron chi connectivity index (χ3n) is 3.60. The minimum Gasteiger partial charge on any atom is -0.338 e. The van der Waals surface area contributed by atoms with Gasteiger partial charge in [0, 0.05) is 0 Å². The molecule has 0 saturated heterocycles. The van der Waals surface area contributed by atoms with E-state index in [-0.39, 0.29) is 5.91 Å². The van der Waals surface area contributed by atoms with Crippen LogP contribution in [-0.2, 0) is 11.2 Å². The third-order valence-corrected chi connectivity index (χ3v) is 3.60. The lowest BCUT2D eigenvalue weighted by Crippen LogP contribution is -2.44. The molecule has 0 aromatic heterocycles. The Morgan fingerprint density at radius 1 is 1.25 bits per heavy atom. The lowest BCUT2D eigenvalue weighted by Gasteiger charge is -2.21. The quantitative estimate of drug-likeness (QED) is 0.924. The molecule has 0 radical (unpaired) electrons. The van der Waals surface area contributed by atoms with E-state index < -0.39 is 5.54 Å². The molecular weight excluding hydrogens is 248 g/mol. The first-order chi connectivity index (χ1) is 9.58. The van der Waals surface area contributed by atoms with E-state index in [0.29, 0.717) is 12.8 Å². The summed E-state index contributed by atoms with van der Waals surface area (Å²) in [5.74, 6) is -0.118. The summed E-state index contributed by atoms with van der Waals surface area (Å²) in [5, 5.41) is 14.1. The molecule has 102 valence electrons. The zero-order valence-electron chi connectivity index (χ0n) is 11.8. The molecule has 0 fully saturated rings. The first-order valence-corrected chi connectivity index (χ1v) is 6.77. The van der Waals surface area contributed by atoms with E-state index in [1.54, 1.807) is 6.92 Å². The van der Waals surface area contributed by atoms with E-state index in [0.717, 1.165) is 16.3 Å². The Kier molecular flexibility index (Phi) is 4.05. The van der Waals surface area contributed by atoms with Gasteiger partial charge < -0.3 is 5.32 Å². The minimum atomic E-state index is -0.790. The number of benzene rings is 2. The van der Waals surface area contributed by atoms with Crippen molar-refractivity contribution in [1.29, 1.82) is 5.26 Å². The summed E-state index contributed by atoms with van der Waals surface area (Å²) in [7, 11) is 0. The van der Waals surface area contributed by atoms with Gasteiger partial charge in [-0.25, -0.2) is 0 Å². The molecule has 0 spiro atoms. The van der Waals surface area contributed by atoms with Crippen molar-refractivity contribution in [3.05, 3.63) is 48.0 Å². The molecule has 0 aliphatic carbocycles. The van der Waals surface area contributed by atoms with Gasteiger partial charge in [0.05, 0.1) is 12.5 Å². The molecule has 0 saturated carbocycles. The predicted octanol–water partition coefficient (Wildman–Crippen LogP) is 3.19. The Morgan fingerprint density at radius 3 is 2.65 bits per heavy atom. The van der Waals surface area contributed by atoms with Crippen LogP contribution in [-0.4, -0.2) is 11.4 Å². The molecule has 0 aliphatic heterocycles. The van der Waals surface area contributed by atoms with Crippen LogP contribution in [0.15, 0.2) is 42.5 Å². The van der Waals surface area contributed by atoms with Gasteiger partial charge in [-0.05, 0) is 29.7 Å². The normalized spacial score (nSPS) is 13.4. The molecule has 0 heterocycles. The van der Waals surface area contributed by atoms with Crippen LogP contribution in [0.3, 0.4) is 0 Å². The number of hydrogen-bond acceptors (Lipinski definition) is 2. The monoisotopic (exact) mass is 266 g/mol. The highest BCUT2D eigenvalue weighted by molar-refractivity contribution is 5.90. The predicted molar refractivity (Wildman–Crippen MR) is 80.1 cm³/mol. The first-order valence-electron chi connectivity index (χ1n) is 6.77. The largest absolute Gasteiger partial charge is 0.338 e. The third kappa shape index (κ3) is 2.97. The molecule has 2 aromatic rings. The van der Waals surface area contributed by atoms with Crippen molar-refractivity contribution in [2.24, 2.45) is 0 Å². The van der Waals surface area contributed by atoms with E-state index in [1.165, 1.54) is 0 Å². The topological polar surface area (TPSA) is 52.9 Å². The Labute approximate surface area is 119 Å². The van der Waals surface area contributed by atoms with Crippen molar-refractivity contribution in [3.8, 4) is 6.07 Å². The van der Waals surface area contributed by atoms with E-state index in [1.807, 2.05) is 49.4 Å². The van der Waals surface area contributed by atoms with Crippen LogP contribution in [0.2, 0.25) is 0 Å². The number of nitriles is 1. The molecule has 3 heteroatoms. The molecular formula is C17H18N2O. The van der Waals surface area contributed by atoms with Gasteiger partial charge in [-0.3, -0.25) is 4.79 Å². The molecule has 20 heavy (non-hydrogen) atoms. The van der Waals surface area contributed by atoms with Crippen LogP contribution in [0.1, 0.15) is 25.8 Å². The second-order valence-corrected chi connectivity index (χ2v) is 5.16. The van der Waals surface area contributed by atoms with Gasteiger partial charge in [0.25, 0.3) is 0 Å². The highest BCUT2D eigenvalue weighted by atomic mass is 16.1. The lowest BCUT2D eigenvalue weighted by molar-refractivity contribution is -0.121. The summed E-state index contributed by atoms with van der Waals surface area (Å²) in [6.45, 7) is 3.63. The summed E-state index contributed by atoms with van der Waals surface area (Å²) in [5.41, 5.74) is 0.193. The van der Waals surface area contributed by atoms with Gasteiger partial charge in [0.15, 0.2) is 0 Å². The van der Waals surface area contributed by atoms with Gasteiger partial charge in [-0.15, -0.1) is 0 Å². The van der Waals surface area contributed by atoms with Gasteiger partial charge in [0.1, 0.15) is 5.54 Å². The molecule has 3 nitrogen and oxygen atoms in total. The molecule has 2 rings (SSSR count). The zero-order valence-corrected chi connectivity index (χ0v) is 11.8. The number of hydrogen-bond donors (Lipinski definition) is 1. The smallest absolute Gasteiger partial charge is 0.225 e. The Morgan fingerprint density at radius 2 is 1.95 bits per heavy atom. The van der Waals surface area contributed by atoms with Crippen LogP contribution in [0.25, 0.3) is 10.8 Å². The van der Waals surface area contributed by atoms with Gasteiger partial charge in [-0.1, -0.05) is 49.4 Å². The number of fused-ring (bicyclic) bond motifs is 1. The maximum Gasteiger partial charge on any atom is 0.225 e. The second kappa shape index (κ2) is 5.75. The van der Waals surface area contributed by atoms with Crippen LogP contribution < -0.4 is 5.32 Å². The van der Waals surface area contributed by atoms with Crippen LogP contribution in [0.4, 0.5) is 0 Å². The minimum absolute atomic E-state index is 0.118. The van der Waals surface area contributed by atoms with Crippen molar-refractivity contribution in [1.82, 2.24) is 5.32 Å². The highest BCUT2D eigenvalue weighted by Crippen LogP contribution is 2.19. The number of carbonyl (C=O) groups is 1. The molecule has 0 bridgehead atoms. The summed E-state index contributed by atoms with van der Waals surface area (Å²) >= 11 is 0. The number of carbonyl (C=O) groups excluding carboxylic acids is 1. The molecule has 0 unspecified atom stereocenters. The van der Waals surface area contributed by atoms with Gasteiger partial charge in [-0.2, -0.15) is 5.26 Å². The van der Waals surface area contributed by atoms with Crippen molar-refractivity contribution in [2.75, 3.05) is 0 Å². The summed E-state index contributed by atoms with van der Waals surface area (Å²) in [6, 6.07) is 16.1. The average molecular weight is 266 g/mol. The average Bonchev–Trinajstić information content (AvgIpc) is 2.47. The van der Waals surface area contributed by atoms with Crippen molar-refractivity contribution in [3.63, 3.8) is 0 Å². The van der Waals surface area contributed by atoms with Crippen LogP contribution in [0, 0.1) is 11.3 Å². The van der Waals surface area contributed by atoms with Crippen molar-refractivity contribution in [2.45, 2.75) is 32.2 Å². The van der Waals surface area contributed by atoms with Crippen LogP contribution >= 0.6 is 0 Å². The second-order valence-electron chi connectivity index (χ2n) is 5.16. The van der Waals surface area contributed by atoms with E-state index >= 15 is 0 Å². The number of rotatable bonds is 4. The zero-order chi connectivity index (χ0) is 14.6. The van der Waals surface area contributed by atoms with E-state index in [4.69, 9.17) is 5.26 Å². The Hall–Kier alpha value is -2.34. The fourth-order valence-electron chi connectivity index (χ4n) is 2.17. The summed E-state index contributed by atoms with van der Waals surface area (Å²) in [6.07, 6.45) is 0.878. The molecule has 0 aliphatic rings. The first kappa shape index (κ1) is 14.1. The Bertz CT molecular complexity index is 667. The fourth-order valence-corrected chi connectivity index (χ4v) is 2.17. The molecule has 1 amide bonds. The van der Waals surface area contributed by atoms with E-state index in [9.17, 15) is 4.79 Å².